The van der Waals surface area contributed by atoms with E-state index in [1.807, 2.05) is 59.9 Å². The summed E-state index contributed by atoms with van der Waals surface area (Å²) in [5, 5.41) is 18.7. The maximum absolute atomic E-state index is 9.75. The number of fused-ring (bicyclic) bond motifs is 1. The van der Waals surface area contributed by atoms with E-state index in [0.29, 0.717) is 23.4 Å². The molecule has 0 bridgehead atoms. The third-order valence-corrected chi connectivity index (χ3v) is 7.95. The second-order valence-corrected chi connectivity index (χ2v) is 11.1. The van der Waals surface area contributed by atoms with Crippen LogP contribution in [0.2, 0.25) is 0 Å². The number of methoxy groups -OCH3 is 1. The molecule has 1 fully saturated rings. The molecule has 5 aromatic heterocycles. The van der Waals surface area contributed by atoms with Gasteiger partial charge in [0.15, 0.2) is 0 Å². The van der Waals surface area contributed by atoms with Gasteiger partial charge in [-0.1, -0.05) is 6.07 Å². The first-order valence-corrected chi connectivity index (χ1v) is 13.9. The van der Waals surface area contributed by atoms with Gasteiger partial charge in [-0.05, 0) is 57.4 Å². The van der Waals surface area contributed by atoms with Crippen LogP contribution in [0.15, 0.2) is 67.5 Å². The van der Waals surface area contributed by atoms with Crippen LogP contribution in [0.3, 0.4) is 0 Å². The summed E-state index contributed by atoms with van der Waals surface area (Å²) in [7, 11) is 1.78. The zero-order chi connectivity index (χ0) is 28.4. The molecule has 5 aromatic rings. The molecule has 1 aliphatic heterocycles. The fraction of sp³-hybridized carbons (Fsp3) is 0.355. The van der Waals surface area contributed by atoms with Gasteiger partial charge in [-0.15, -0.1) is 0 Å². The number of ether oxygens (including phenoxy) is 1. The number of aromatic nitrogens is 7. The topological polar surface area (TPSA) is 110 Å². The summed E-state index contributed by atoms with van der Waals surface area (Å²) in [6.07, 6.45) is 13.8. The summed E-state index contributed by atoms with van der Waals surface area (Å²) in [5.41, 5.74) is 5.42. The molecule has 0 radical (unpaired) electrons. The van der Waals surface area contributed by atoms with Gasteiger partial charge in [-0.25, -0.2) is 14.5 Å². The Morgan fingerprint density at radius 2 is 1.85 bits per heavy atom. The van der Waals surface area contributed by atoms with Crippen molar-refractivity contribution in [1.29, 1.82) is 5.26 Å². The van der Waals surface area contributed by atoms with Crippen molar-refractivity contribution < 1.29 is 4.74 Å². The third-order valence-electron chi connectivity index (χ3n) is 7.95. The molecule has 0 saturated carbocycles. The number of hydrogen-bond acceptors (Lipinski definition) is 8. The van der Waals surface area contributed by atoms with Crippen LogP contribution in [0.5, 0.6) is 0 Å². The molecule has 10 heteroatoms. The lowest BCUT2D eigenvalue weighted by molar-refractivity contribution is 0.0582. The second-order valence-electron chi connectivity index (χ2n) is 11.1. The molecular weight excluding hydrogens is 514 g/mol. The normalized spacial score (nSPS) is 15.0. The number of anilines is 1. The average molecular weight is 548 g/mol. The smallest absolute Gasteiger partial charge is 0.128 e. The van der Waals surface area contributed by atoms with Crippen molar-refractivity contribution in [2.45, 2.75) is 39.2 Å². The molecule has 0 aromatic carbocycles. The summed E-state index contributed by atoms with van der Waals surface area (Å²) < 4.78 is 9.28. The van der Waals surface area contributed by atoms with Crippen LogP contribution < -0.4 is 4.90 Å². The molecular formula is C31H33N9O. The number of pyridine rings is 2. The van der Waals surface area contributed by atoms with E-state index in [1.165, 1.54) is 0 Å². The van der Waals surface area contributed by atoms with E-state index in [2.05, 4.69) is 46.1 Å². The predicted molar refractivity (Wildman–Crippen MR) is 156 cm³/mol. The summed E-state index contributed by atoms with van der Waals surface area (Å²) in [6.45, 7) is 6.66. The highest BCUT2D eigenvalue weighted by Gasteiger charge is 2.35. The van der Waals surface area contributed by atoms with Crippen molar-refractivity contribution in [1.82, 2.24) is 34.3 Å². The molecule has 1 saturated heterocycles. The molecule has 6 heterocycles. The average Bonchev–Trinajstić information content (AvgIpc) is 3.66. The Kier molecular flexibility index (Phi) is 7.20. The lowest BCUT2D eigenvalue weighted by Gasteiger charge is -2.42. The highest BCUT2D eigenvalue weighted by Crippen LogP contribution is 2.37. The zero-order valence-electron chi connectivity index (χ0n) is 23.6. The molecule has 208 valence electrons. The van der Waals surface area contributed by atoms with Crippen molar-refractivity contribution in [2.24, 2.45) is 5.41 Å². The maximum atomic E-state index is 9.75. The Balaban J connectivity index is 1.26. The lowest BCUT2D eigenvalue weighted by Crippen LogP contribution is -2.44. The van der Waals surface area contributed by atoms with Crippen molar-refractivity contribution in [3.63, 3.8) is 0 Å². The Labute approximate surface area is 239 Å². The Morgan fingerprint density at radius 1 is 1.00 bits per heavy atom. The summed E-state index contributed by atoms with van der Waals surface area (Å²) >= 11 is 0. The maximum Gasteiger partial charge on any atom is 0.128 e. The van der Waals surface area contributed by atoms with Gasteiger partial charge >= 0.3 is 0 Å². The van der Waals surface area contributed by atoms with Crippen molar-refractivity contribution in [3.8, 4) is 28.6 Å². The van der Waals surface area contributed by atoms with Crippen LogP contribution in [0.1, 0.15) is 44.0 Å². The summed E-state index contributed by atoms with van der Waals surface area (Å²) in [4.78, 5) is 16.7. The van der Waals surface area contributed by atoms with Crippen LogP contribution in [0.4, 0.5) is 5.82 Å². The molecule has 1 aliphatic rings. The highest BCUT2D eigenvalue weighted by atomic mass is 16.5. The monoisotopic (exact) mass is 547 g/mol. The minimum absolute atomic E-state index is 0.0641. The van der Waals surface area contributed by atoms with E-state index in [4.69, 9.17) is 14.7 Å². The highest BCUT2D eigenvalue weighted by molar-refractivity contribution is 5.83. The van der Waals surface area contributed by atoms with Gasteiger partial charge in [0, 0.05) is 67.1 Å². The first-order valence-electron chi connectivity index (χ1n) is 13.9. The molecule has 0 N–H and O–H groups in total. The molecule has 0 unspecified atom stereocenters. The molecule has 0 amide bonds. The van der Waals surface area contributed by atoms with E-state index in [1.54, 1.807) is 17.8 Å². The number of nitrogens with zero attached hydrogens (tertiary/aromatic N) is 9. The van der Waals surface area contributed by atoms with Crippen LogP contribution in [0.25, 0.3) is 28.0 Å². The van der Waals surface area contributed by atoms with E-state index >= 15 is 0 Å². The molecule has 0 atom stereocenters. The van der Waals surface area contributed by atoms with Crippen molar-refractivity contribution >= 4 is 11.3 Å². The standard InChI is InChI=1S/C31H33N9O/c1-22(2)39-19-25(18-35-39)27-20-40-30(24(15-32)17-36-40)29(37-27)23-7-8-28(34-16-23)38-12-9-31(10-13-38,21-41-3)14-26-6-4-5-11-33-26/h4-8,11,16-20,22H,9-10,12-14,21H2,1-3H3. The number of hydrogen-bond donors (Lipinski definition) is 0. The minimum atomic E-state index is 0.0641. The van der Waals surface area contributed by atoms with Crippen LogP contribution >= 0.6 is 0 Å². The fourth-order valence-corrected chi connectivity index (χ4v) is 5.68. The van der Waals surface area contributed by atoms with E-state index in [0.717, 1.165) is 60.7 Å². The quantitative estimate of drug-likeness (QED) is 0.268. The van der Waals surface area contributed by atoms with E-state index in [-0.39, 0.29) is 11.5 Å². The number of rotatable bonds is 8. The SMILES string of the molecule is COCC1(Cc2ccccn2)CCN(c2ccc(-c3nc(-c4cnn(C(C)C)c4)cn4ncc(C#N)c34)cn2)CC1. The van der Waals surface area contributed by atoms with Gasteiger partial charge in [0.2, 0.25) is 0 Å². The van der Waals surface area contributed by atoms with Gasteiger partial charge in [0.1, 0.15) is 23.0 Å². The Morgan fingerprint density at radius 3 is 2.51 bits per heavy atom. The summed E-state index contributed by atoms with van der Waals surface area (Å²) in [5.74, 6) is 0.928. The third kappa shape index (κ3) is 5.28. The van der Waals surface area contributed by atoms with E-state index < -0.39 is 0 Å². The largest absolute Gasteiger partial charge is 0.384 e. The minimum Gasteiger partial charge on any atom is -0.384 e. The van der Waals surface area contributed by atoms with E-state index in [9.17, 15) is 5.26 Å². The van der Waals surface area contributed by atoms with Gasteiger partial charge < -0.3 is 9.64 Å². The number of nitriles is 1. The van der Waals surface area contributed by atoms with Crippen molar-refractivity contribution in [3.05, 3.63) is 78.8 Å². The molecule has 0 spiro atoms. The van der Waals surface area contributed by atoms with Gasteiger partial charge in [-0.3, -0.25) is 9.67 Å². The van der Waals surface area contributed by atoms with Crippen LogP contribution in [-0.2, 0) is 11.2 Å². The van der Waals surface area contributed by atoms with Gasteiger partial charge in [0.25, 0.3) is 0 Å². The molecule has 41 heavy (non-hydrogen) atoms. The Hall–Kier alpha value is -4.62. The fourth-order valence-electron chi connectivity index (χ4n) is 5.68. The predicted octanol–water partition coefficient (Wildman–Crippen LogP) is 4.98. The summed E-state index contributed by atoms with van der Waals surface area (Å²) in [6, 6.07) is 12.7. The molecule has 6 rings (SSSR count). The first kappa shape index (κ1) is 26.6. The van der Waals surface area contributed by atoms with Crippen LogP contribution in [0, 0.1) is 16.7 Å². The van der Waals surface area contributed by atoms with Crippen molar-refractivity contribution in [2.75, 3.05) is 31.7 Å². The zero-order valence-corrected chi connectivity index (χ0v) is 23.6. The second kappa shape index (κ2) is 11.1. The Bertz CT molecular complexity index is 1670. The van der Waals surface area contributed by atoms with Gasteiger partial charge in [-0.2, -0.15) is 15.5 Å². The first-order chi connectivity index (χ1) is 20.0. The molecule has 10 nitrogen and oxygen atoms in total. The lowest BCUT2D eigenvalue weighted by atomic mass is 9.75. The van der Waals surface area contributed by atoms with Gasteiger partial charge in [0.05, 0.1) is 36.6 Å². The number of piperidine rings is 1. The van der Waals surface area contributed by atoms with Crippen LogP contribution in [-0.4, -0.2) is 61.2 Å². The molecule has 0 aliphatic carbocycles.